The van der Waals surface area contributed by atoms with E-state index in [4.69, 9.17) is 37.0 Å². The number of rotatable bonds is 64. The van der Waals surface area contributed by atoms with Gasteiger partial charge in [-0.15, -0.1) is 0 Å². The number of phosphoric ester groups is 2. The largest absolute Gasteiger partial charge is 0.472 e. The first-order valence-electron chi connectivity index (χ1n) is 34.7. The molecule has 0 aliphatic carbocycles. The molecule has 0 aliphatic heterocycles. The van der Waals surface area contributed by atoms with E-state index in [0.29, 0.717) is 37.5 Å². The number of aliphatic hydroxyl groups is 1. The van der Waals surface area contributed by atoms with Gasteiger partial charge in [0.25, 0.3) is 0 Å². The van der Waals surface area contributed by atoms with E-state index in [0.717, 1.165) is 115 Å². The Balaban J connectivity index is 5.20. The van der Waals surface area contributed by atoms with Crippen LogP contribution in [0.4, 0.5) is 0 Å². The van der Waals surface area contributed by atoms with E-state index in [2.05, 4.69) is 55.4 Å². The minimum Gasteiger partial charge on any atom is -0.462 e. The highest BCUT2D eigenvalue weighted by Gasteiger charge is 2.30. The molecule has 510 valence electrons. The summed E-state index contributed by atoms with van der Waals surface area (Å²) in [4.78, 5) is 72.3. The topological polar surface area (TPSA) is 237 Å². The molecule has 0 aliphatic rings. The number of carbonyl (C=O) groups is 4. The van der Waals surface area contributed by atoms with Gasteiger partial charge in [0, 0.05) is 25.7 Å². The smallest absolute Gasteiger partial charge is 0.462 e. The number of phosphoric acid groups is 2. The van der Waals surface area contributed by atoms with Gasteiger partial charge in [-0.1, -0.05) is 274 Å². The molecule has 0 heterocycles. The van der Waals surface area contributed by atoms with E-state index in [1.54, 1.807) is 0 Å². The van der Waals surface area contributed by atoms with Crippen LogP contribution in [0.2, 0.25) is 0 Å². The van der Waals surface area contributed by atoms with Gasteiger partial charge in [0.2, 0.25) is 0 Å². The fraction of sp³-hybridized carbons (Fsp3) is 0.940. The molecule has 0 saturated heterocycles. The zero-order valence-corrected chi connectivity index (χ0v) is 57.7. The summed E-state index contributed by atoms with van der Waals surface area (Å²) >= 11 is 0. The molecule has 0 aromatic heterocycles. The van der Waals surface area contributed by atoms with E-state index < -0.39 is 97.5 Å². The molecule has 17 nitrogen and oxygen atoms in total. The zero-order valence-electron chi connectivity index (χ0n) is 55.9. The number of hydrogen-bond acceptors (Lipinski definition) is 15. The molecular formula is C67H130O17P2. The summed E-state index contributed by atoms with van der Waals surface area (Å²) in [5, 5.41) is 10.5. The summed E-state index contributed by atoms with van der Waals surface area (Å²) in [5.74, 6) is 0.733. The fourth-order valence-corrected chi connectivity index (χ4v) is 11.5. The van der Waals surface area contributed by atoms with E-state index in [1.807, 2.05) is 0 Å². The molecule has 0 spiro atoms. The molecule has 19 heteroatoms. The summed E-state index contributed by atoms with van der Waals surface area (Å²) in [7, 11) is -9.89. The molecule has 0 aromatic rings. The van der Waals surface area contributed by atoms with Crippen LogP contribution in [0.1, 0.15) is 325 Å². The van der Waals surface area contributed by atoms with Crippen LogP contribution in [0, 0.1) is 23.7 Å². The quantitative estimate of drug-likeness (QED) is 0.0222. The van der Waals surface area contributed by atoms with Gasteiger partial charge in [0.05, 0.1) is 26.4 Å². The summed E-state index contributed by atoms with van der Waals surface area (Å²) < 4.78 is 68.1. The predicted molar refractivity (Wildman–Crippen MR) is 344 cm³/mol. The summed E-state index contributed by atoms with van der Waals surface area (Å²) in [6.45, 7) is 13.9. The Bertz CT molecular complexity index is 1710. The standard InChI is InChI=1S/C67H130O17P2/c1-57(2)43-35-27-19-15-13-11-9-10-12-14-16-21-33-41-49-66(71)83-62(53-77-64(69)47-39-31-25-23-29-37-45-59(5)6)55-81-85(73,74)79-51-61(68)52-80-86(75,76)82-56-63(54-78-65(70)48-40-32-26-24-30-38-46-60(7)8)84-67(72)50-42-34-22-18-17-20-28-36-44-58(3)4/h57-63,68H,9-56H2,1-8H3,(H,73,74)(H,75,76)/t61-,62-,63-/m1/s1. The van der Waals surface area contributed by atoms with E-state index in [-0.39, 0.29) is 25.7 Å². The van der Waals surface area contributed by atoms with Crippen molar-refractivity contribution in [2.75, 3.05) is 39.6 Å². The minimum absolute atomic E-state index is 0.103. The van der Waals surface area contributed by atoms with Crippen LogP contribution in [0.3, 0.4) is 0 Å². The Kier molecular flexibility index (Phi) is 55.7. The van der Waals surface area contributed by atoms with Crippen LogP contribution in [0.15, 0.2) is 0 Å². The molecule has 2 unspecified atom stereocenters. The maximum Gasteiger partial charge on any atom is 0.472 e. The first-order valence-corrected chi connectivity index (χ1v) is 37.7. The maximum absolute atomic E-state index is 13.0. The van der Waals surface area contributed by atoms with Gasteiger partial charge < -0.3 is 33.8 Å². The van der Waals surface area contributed by atoms with Crippen molar-refractivity contribution in [3.05, 3.63) is 0 Å². The Morgan fingerprint density at radius 1 is 0.291 bits per heavy atom. The normalized spacial score (nSPS) is 14.4. The van der Waals surface area contributed by atoms with Crippen LogP contribution in [-0.2, 0) is 65.4 Å². The molecule has 3 N–H and O–H groups in total. The van der Waals surface area contributed by atoms with Crippen molar-refractivity contribution in [3.63, 3.8) is 0 Å². The van der Waals surface area contributed by atoms with Crippen LogP contribution in [0.5, 0.6) is 0 Å². The summed E-state index contributed by atoms with van der Waals surface area (Å²) in [6, 6.07) is 0. The first kappa shape index (κ1) is 84.1. The third-order valence-corrected chi connectivity index (χ3v) is 17.2. The van der Waals surface area contributed by atoms with Crippen molar-refractivity contribution in [2.24, 2.45) is 23.7 Å². The summed E-state index contributed by atoms with van der Waals surface area (Å²) in [5.41, 5.74) is 0. The Morgan fingerprint density at radius 2 is 0.488 bits per heavy atom. The maximum atomic E-state index is 13.0. The molecule has 0 bridgehead atoms. The van der Waals surface area contributed by atoms with Gasteiger partial charge in [-0.2, -0.15) is 0 Å². The van der Waals surface area contributed by atoms with Crippen LogP contribution < -0.4 is 0 Å². The highest BCUT2D eigenvalue weighted by molar-refractivity contribution is 7.47. The average molecular weight is 1270 g/mol. The molecule has 86 heavy (non-hydrogen) atoms. The SMILES string of the molecule is CC(C)CCCCCCCCCCCCCCCCC(=O)O[C@H](COC(=O)CCCCCCCCC(C)C)COP(=O)(O)OC[C@@H](O)COP(=O)(O)OC[C@@H](COC(=O)CCCCCCCCC(C)C)OC(=O)CCCCCCCCCCC(C)C. The average Bonchev–Trinajstić information content (AvgIpc) is 3.57. The van der Waals surface area contributed by atoms with Crippen molar-refractivity contribution < 1.29 is 80.2 Å². The lowest BCUT2D eigenvalue weighted by Crippen LogP contribution is -2.30. The van der Waals surface area contributed by atoms with Crippen molar-refractivity contribution in [1.29, 1.82) is 0 Å². The van der Waals surface area contributed by atoms with Gasteiger partial charge in [-0.05, 0) is 49.4 Å². The van der Waals surface area contributed by atoms with Crippen LogP contribution in [0.25, 0.3) is 0 Å². The third kappa shape index (κ3) is 60.9. The first-order chi connectivity index (χ1) is 41.1. The second-order valence-corrected chi connectivity index (χ2v) is 29.0. The lowest BCUT2D eigenvalue weighted by Gasteiger charge is -2.21. The zero-order chi connectivity index (χ0) is 63.9. The van der Waals surface area contributed by atoms with Crippen molar-refractivity contribution in [3.8, 4) is 0 Å². The van der Waals surface area contributed by atoms with Gasteiger partial charge >= 0.3 is 39.5 Å². The number of carbonyl (C=O) groups excluding carboxylic acids is 4. The molecule has 0 aromatic carbocycles. The lowest BCUT2D eigenvalue weighted by molar-refractivity contribution is -0.161. The van der Waals surface area contributed by atoms with E-state index >= 15 is 0 Å². The van der Waals surface area contributed by atoms with E-state index in [9.17, 15) is 43.2 Å². The molecule has 0 radical (unpaired) electrons. The second-order valence-electron chi connectivity index (χ2n) is 26.1. The molecular weight excluding hydrogens is 1140 g/mol. The van der Waals surface area contributed by atoms with Gasteiger partial charge in [-0.25, -0.2) is 9.13 Å². The Morgan fingerprint density at radius 3 is 0.721 bits per heavy atom. The molecule has 0 amide bonds. The predicted octanol–water partition coefficient (Wildman–Crippen LogP) is 18.5. The Hall–Kier alpha value is -1.94. The molecule has 5 atom stereocenters. The van der Waals surface area contributed by atoms with Gasteiger partial charge in [-0.3, -0.25) is 37.3 Å². The highest BCUT2D eigenvalue weighted by atomic mass is 31.2. The fourth-order valence-electron chi connectivity index (χ4n) is 9.96. The van der Waals surface area contributed by atoms with Crippen LogP contribution in [-0.4, -0.2) is 96.7 Å². The number of esters is 4. The monoisotopic (exact) mass is 1270 g/mol. The number of ether oxygens (including phenoxy) is 4. The van der Waals surface area contributed by atoms with Crippen LogP contribution >= 0.6 is 15.6 Å². The molecule has 0 saturated carbocycles. The van der Waals surface area contributed by atoms with Crippen molar-refractivity contribution in [2.45, 2.75) is 343 Å². The van der Waals surface area contributed by atoms with Gasteiger partial charge in [0.15, 0.2) is 12.2 Å². The second kappa shape index (κ2) is 57.0. The van der Waals surface area contributed by atoms with Crippen molar-refractivity contribution in [1.82, 2.24) is 0 Å². The number of hydrogen-bond donors (Lipinski definition) is 3. The number of aliphatic hydroxyl groups excluding tert-OH is 1. The highest BCUT2D eigenvalue weighted by Crippen LogP contribution is 2.45. The summed E-state index contributed by atoms with van der Waals surface area (Å²) in [6.07, 6.45) is 37.9. The molecule has 0 rings (SSSR count). The number of unbranched alkanes of at least 4 members (excludes halogenated alkanes) is 30. The Labute approximate surface area is 524 Å². The lowest BCUT2D eigenvalue weighted by atomic mass is 10.0. The van der Waals surface area contributed by atoms with Gasteiger partial charge in [0.1, 0.15) is 19.3 Å². The van der Waals surface area contributed by atoms with Crippen molar-refractivity contribution >= 4 is 39.5 Å². The van der Waals surface area contributed by atoms with E-state index in [1.165, 1.54) is 116 Å². The third-order valence-electron chi connectivity index (χ3n) is 15.3. The minimum atomic E-state index is -4.95. The molecule has 0 fully saturated rings.